The van der Waals surface area contributed by atoms with Crippen molar-refractivity contribution >= 4 is 29.0 Å². The monoisotopic (exact) mass is 515 g/mol. The molecule has 0 aromatic carbocycles. The van der Waals surface area contributed by atoms with Crippen molar-refractivity contribution in [1.82, 2.24) is 5.01 Å². The Morgan fingerprint density at radius 3 is 2.56 bits per heavy atom. The smallest absolute Gasteiger partial charge is 0.302 e. The highest BCUT2D eigenvalue weighted by Crippen LogP contribution is 2.71. The van der Waals surface area contributed by atoms with E-state index in [0.717, 1.165) is 43.4 Å². The third-order valence-electron chi connectivity index (χ3n) is 11.9. The highest BCUT2D eigenvalue weighted by atomic mass is 32.1. The van der Waals surface area contributed by atoms with E-state index in [1.807, 2.05) is 5.01 Å². The molecule has 0 unspecified atom stereocenters. The van der Waals surface area contributed by atoms with Crippen molar-refractivity contribution in [2.75, 3.05) is 0 Å². The van der Waals surface area contributed by atoms with Crippen LogP contribution in [0.3, 0.4) is 0 Å². The lowest BCUT2D eigenvalue weighted by atomic mass is 9.42. The topological polar surface area (TPSA) is 67.9 Å². The summed E-state index contributed by atoms with van der Waals surface area (Å²) in [6.45, 7) is 13.9. The number of carbonyl (C=O) groups is 1. The van der Waals surface area contributed by atoms with Gasteiger partial charge in [0.25, 0.3) is 0 Å². The van der Waals surface area contributed by atoms with Gasteiger partial charge in [-0.1, -0.05) is 53.9 Å². The maximum absolute atomic E-state index is 11.8. The molecule has 2 bridgehead atoms. The summed E-state index contributed by atoms with van der Waals surface area (Å²) in [4.78, 5) is 11.8. The quantitative estimate of drug-likeness (QED) is 0.315. The van der Waals surface area contributed by atoms with Gasteiger partial charge in [-0.05, 0) is 91.2 Å². The first-order valence-electron chi connectivity index (χ1n) is 14.8. The number of nitrogens with two attached hydrogens (primary N) is 1. The highest BCUT2D eigenvalue weighted by molar-refractivity contribution is 7.80. The van der Waals surface area contributed by atoms with Crippen molar-refractivity contribution in [3.05, 3.63) is 0 Å². The number of hydrazone groups is 1. The molecule has 1 spiro atoms. The fourth-order valence-electron chi connectivity index (χ4n) is 10.3. The largest absolute Gasteiger partial charge is 0.462 e. The van der Waals surface area contributed by atoms with Crippen LogP contribution in [0.4, 0.5) is 0 Å². The van der Waals surface area contributed by atoms with E-state index in [1.54, 1.807) is 0 Å². The van der Waals surface area contributed by atoms with Crippen LogP contribution in [0.5, 0.6) is 0 Å². The van der Waals surface area contributed by atoms with Crippen molar-refractivity contribution in [2.45, 2.75) is 124 Å². The molecule has 6 heteroatoms. The number of fused-ring (bicyclic) bond motifs is 6. The molecule has 1 heterocycles. The summed E-state index contributed by atoms with van der Waals surface area (Å²) in [5.74, 6) is 4.09. The fourth-order valence-corrected chi connectivity index (χ4v) is 10.5. The average molecular weight is 516 g/mol. The summed E-state index contributed by atoms with van der Waals surface area (Å²) in [7, 11) is 0. The molecule has 4 aliphatic carbocycles. The van der Waals surface area contributed by atoms with Gasteiger partial charge >= 0.3 is 5.97 Å². The van der Waals surface area contributed by atoms with Gasteiger partial charge in [0.05, 0.1) is 5.54 Å². The predicted molar refractivity (Wildman–Crippen MR) is 149 cm³/mol. The summed E-state index contributed by atoms with van der Waals surface area (Å²) in [5, 5.41) is 7.64. The van der Waals surface area contributed by atoms with Crippen LogP contribution in [-0.2, 0) is 9.53 Å². The summed E-state index contributed by atoms with van der Waals surface area (Å²) < 4.78 is 5.77. The Morgan fingerprint density at radius 2 is 1.89 bits per heavy atom. The molecular weight excluding hydrogens is 466 g/mol. The summed E-state index contributed by atoms with van der Waals surface area (Å²) in [6, 6.07) is 0. The van der Waals surface area contributed by atoms with Gasteiger partial charge in [-0.2, -0.15) is 5.10 Å². The molecule has 1 aliphatic heterocycles. The lowest BCUT2D eigenvalue weighted by Crippen LogP contribution is -2.68. The average Bonchev–Trinajstić information content (AvgIpc) is 3.31. The predicted octanol–water partition coefficient (Wildman–Crippen LogP) is 6.69. The van der Waals surface area contributed by atoms with Gasteiger partial charge in [0, 0.05) is 31.4 Å². The van der Waals surface area contributed by atoms with Crippen LogP contribution >= 0.6 is 12.2 Å². The molecule has 5 nitrogen and oxygen atoms in total. The van der Waals surface area contributed by atoms with Gasteiger partial charge in [0.2, 0.25) is 0 Å². The second-order valence-electron chi connectivity index (χ2n) is 14.1. The van der Waals surface area contributed by atoms with Crippen LogP contribution < -0.4 is 5.73 Å². The van der Waals surface area contributed by atoms with Gasteiger partial charge in [-0.3, -0.25) is 4.79 Å². The number of hydrogen-bond donors (Lipinski definition) is 1. The van der Waals surface area contributed by atoms with E-state index in [0.29, 0.717) is 28.3 Å². The first-order valence-corrected chi connectivity index (χ1v) is 15.2. The molecule has 0 radical (unpaired) electrons. The minimum absolute atomic E-state index is 0.0730. The van der Waals surface area contributed by atoms with E-state index >= 15 is 0 Å². The lowest BCUT2D eigenvalue weighted by molar-refractivity contribution is -0.163. The van der Waals surface area contributed by atoms with Gasteiger partial charge in [0.15, 0.2) is 5.11 Å². The normalized spacial score (nSPS) is 43.9. The Balaban J connectivity index is 1.44. The molecular formula is C30H49N3O2S. The van der Waals surface area contributed by atoms with Gasteiger partial charge in [-0.25, -0.2) is 5.01 Å². The molecule has 5 rings (SSSR count). The van der Waals surface area contributed by atoms with Crippen LogP contribution in [0.2, 0.25) is 0 Å². The van der Waals surface area contributed by atoms with Crippen LogP contribution in [0.15, 0.2) is 5.10 Å². The van der Waals surface area contributed by atoms with Crippen molar-refractivity contribution in [1.29, 1.82) is 0 Å². The molecule has 4 saturated carbocycles. The van der Waals surface area contributed by atoms with E-state index in [2.05, 4.69) is 34.6 Å². The van der Waals surface area contributed by atoms with Crippen LogP contribution in [0, 0.1) is 46.3 Å². The minimum Gasteiger partial charge on any atom is -0.462 e. The van der Waals surface area contributed by atoms with Crippen molar-refractivity contribution in [2.24, 2.45) is 57.2 Å². The number of carbonyl (C=O) groups excluding carboxylic acids is 1. The number of esters is 1. The van der Waals surface area contributed by atoms with Crippen molar-refractivity contribution < 1.29 is 9.53 Å². The Labute approximate surface area is 224 Å². The molecule has 5 aliphatic rings. The second kappa shape index (κ2) is 9.24. The maximum Gasteiger partial charge on any atom is 0.302 e. The molecule has 0 aromatic heterocycles. The Hall–Kier alpha value is -1.17. The van der Waals surface area contributed by atoms with Crippen molar-refractivity contribution in [3.63, 3.8) is 0 Å². The van der Waals surface area contributed by atoms with Crippen LogP contribution in [-0.4, -0.2) is 33.4 Å². The molecule has 2 N–H and O–H groups in total. The van der Waals surface area contributed by atoms with Gasteiger partial charge < -0.3 is 10.5 Å². The minimum atomic E-state index is -0.246. The second-order valence-corrected chi connectivity index (χ2v) is 14.5. The number of hydrogen-bond acceptors (Lipinski definition) is 4. The van der Waals surface area contributed by atoms with E-state index in [1.165, 1.54) is 57.6 Å². The SMILES string of the molecule is CC(=O)O[C@H]1CC[C@]2(C)[C@H]3CC[C@]4(C)[C@@H]([C@H](C)CCCC(C)C)CC[C@H]4[C@@H]3C3=NN(C(N)=S)[C@]2(C3)C1. The van der Waals surface area contributed by atoms with Crippen LogP contribution in [0.25, 0.3) is 0 Å². The standard InChI is InChI=1S/C30H49N3O2S/c1-18(2)8-7-9-19(3)22-10-11-23-26-24(13-14-28(22,23)5)29(6)15-12-21(35-20(4)34)16-30(29)17-25(26)32-33(30)27(31)36/h18-19,21-24,26H,7-17H2,1-6H3,(H2,31,36)/t19-,21+,22-,23+,24+,26+,28-,29-,30+/m1/s1. The highest BCUT2D eigenvalue weighted by Gasteiger charge is 2.71. The molecule has 0 saturated heterocycles. The fraction of sp³-hybridized carbons (Fsp3) is 0.900. The Bertz CT molecular complexity index is 935. The number of nitrogens with zero attached hydrogens (tertiary/aromatic N) is 2. The number of rotatable bonds is 6. The van der Waals surface area contributed by atoms with Gasteiger partial charge in [-0.15, -0.1) is 0 Å². The third-order valence-corrected chi connectivity index (χ3v) is 12.1. The summed E-state index contributed by atoms with van der Waals surface area (Å²) in [5.41, 5.74) is 7.93. The zero-order valence-electron chi connectivity index (χ0n) is 23.5. The molecule has 9 atom stereocenters. The summed E-state index contributed by atoms with van der Waals surface area (Å²) in [6.07, 6.45) is 13.0. The lowest BCUT2D eigenvalue weighted by Gasteiger charge is -2.64. The summed E-state index contributed by atoms with van der Waals surface area (Å²) >= 11 is 5.60. The molecule has 36 heavy (non-hydrogen) atoms. The maximum atomic E-state index is 11.8. The van der Waals surface area contributed by atoms with Crippen LogP contribution in [0.1, 0.15) is 112 Å². The van der Waals surface area contributed by atoms with E-state index in [4.69, 9.17) is 27.8 Å². The van der Waals surface area contributed by atoms with E-state index in [-0.39, 0.29) is 23.0 Å². The molecule has 202 valence electrons. The third kappa shape index (κ3) is 3.86. The first-order chi connectivity index (χ1) is 16.9. The molecule has 0 amide bonds. The first kappa shape index (κ1) is 26.4. The van der Waals surface area contributed by atoms with E-state index in [9.17, 15) is 4.79 Å². The van der Waals surface area contributed by atoms with Gasteiger partial charge in [0.1, 0.15) is 6.10 Å². The van der Waals surface area contributed by atoms with Crippen molar-refractivity contribution in [3.8, 4) is 0 Å². The zero-order chi connectivity index (χ0) is 26.0. The Morgan fingerprint density at radius 1 is 1.14 bits per heavy atom. The Kier molecular flexibility index (Phi) is 6.78. The number of ether oxygens (including phenoxy) is 1. The molecule has 4 fully saturated rings. The number of thiocarbonyl (C=S) groups is 1. The van der Waals surface area contributed by atoms with E-state index < -0.39 is 0 Å². The molecule has 0 aromatic rings. The zero-order valence-corrected chi connectivity index (χ0v) is 24.3.